The number of carboxylic acids is 1. The predicted molar refractivity (Wildman–Crippen MR) is 61.0 cm³/mol. The molecule has 0 amide bonds. The Morgan fingerprint density at radius 3 is 2.94 bits per heavy atom. The molecule has 5 heteroatoms. The minimum absolute atomic E-state index is 0.332. The van der Waals surface area contributed by atoms with Gasteiger partial charge in [-0.3, -0.25) is 0 Å². The van der Waals surface area contributed by atoms with Crippen LogP contribution in [-0.2, 0) is 9.53 Å². The number of halogens is 1. The fourth-order valence-electron chi connectivity index (χ4n) is 1.73. The zero-order valence-electron chi connectivity index (χ0n) is 8.60. The van der Waals surface area contributed by atoms with Crippen LogP contribution in [0.25, 0.3) is 0 Å². The van der Waals surface area contributed by atoms with Crippen molar-refractivity contribution in [1.82, 2.24) is 0 Å². The van der Waals surface area contributed by atoms with Crippen LogP contribution in [0.5, 0.6) is 0 Å². The molecule has 0 radical (unpaired) electrons. The van der Waals surface area contributed by atoms with Crippen LogP contribution in [-0.4, -0.2) is 36.9 Å². The van der Waals surface area contributed by atoms with Gasteiger partial charge in [0.25, 0.3) is 0 Å². The summed E-state index contributed by atoms with van der Waals surface area (Å²) in [6.07, 6.45) is -0.773. The smallest absolute Gasteiger partial charge is 0.334 e. The van der Waals surface area contributed by atoms with Crippen molar-refractivity contribution < 1.29 is 14.6 Å². The van der Waals surface area contributed by atoms with Gasteiger partial charge in [0.2, 0.25) is 0 Å². The van der Waals surface area contributed by atoms with E-state index in [4.69, 9.17) is 21.4 Å². The average Bonchev–Trinajstić information content (AvgIpc) is 2.30. The third kappa shape index (κ3) is 2.28. The third-order valence-corrected chi connectivity index (χ3v) is 2.85. The van der Waals surface area contributed by atoms with E-state index in [0.29, 0.717) is 24.7 Å². The van der Waals surface area contributed by atoms with E-state index in [1.165, 1.54) is 0 Å². The molecule has 1 aliphatic rings. The molecule has 1 aliphatic heterocycles. The maximum absolute atomic E-state index is 10.8. The topological polar surface area (TPSA) is 49.8 Å². The van der Waals surface area contributed by atoms with Gasteiger partial charge in [0.15, 0.2) is 6.10 Å². The highest BCUT2D eigenvalue weighted by Gasteiger charge is 2.26. The molecule has 0 bridgehead atoms. The third-order valence-electron chi connectivity index (χ3n) is 2.54. The van der Waals surface area contributed by atoms with Gasteiger partial charge in [-0.15, -0.1) is 0 Å². The summed E-state index contributed by atoms with van der Waals surface area (Å²) in [6.45, 7) is 1.40. The maximum atomic E-state index is 10.8. The zero-order chi connectivity index (χ0) is 11.5. The molecule has 1 heterocycles. The van der Waals surface area contributed by atoms with Crippen molar-refractivity contribution in [3.05, 3.63) is 29.3 Å². The van der Waals surface area contributed by atoms with Gasteiger partial charge in [0, 0.05) is 6.54 Å². The van der Waals surface area contributed by atoms with Gasteiger partial charge in [-0.05, 0) is 12.1 Å². The van der Waals surface area contributed by atoms with Crippen LogP contribution in [0.15, 0.2) is 24.3 Å². The molecule has 16 heavy (non-hydrogen) atoms. The first-order valence-corrected chi connectivity index (χ1v) is 5.40. The molecular formula is C11H12ClNO3. The van der Waals surface area contributed by atoms with Gasteiger partial charge in [-0.1, -0.05) is 23.7 Å². The van der Waals surface area contributed by atoms with E-state index in [1.807, 2.05) is 23.1 Å². The lowest BCUT2D eigenvalue weighted by atomic mass is 10.2. The van der Waals surface area contributed by atoms with Crippen LogP contribution >= 0.6 is 11.6 Å². The number of hydrogen-bond acceptors (Lipinski definition) is 3. The number of carbonyl (C=O) groups is 1. The van der Waals surface area contributed by atoms with Crippen molar-refractivity contribution in [1.29, 1.82) is 0 Å². The number of ether oxygens (including phenoxy) is 1. The molecule has 0 saturated carbocycles. The van der Waals surface area contributed by atoms with Crippen molar-refractivity contribution in [2.45, 2.75) is 6.10 Å². The number of nitrogens with zero attached hydrogens (tertiary/aromatic N) is 1. The van der Waals surface area contributed by atoms with E-state index in [9.17, 15) is 4.79 Å². The van der Waals surface area contributed by atoms with Gasteiger partial charge >= 0.3 is 5.97 Å². The van der Waals surface area contributed by atoms with Gasteiger partial charge < -0.3 is 14.7 Å². The summed E-state index contributed by atoms with van der Waals surface area (Å²) < 4.78 is 5.15. The van der Waals surface area contributed by atoms with E-state index >= 15 is 0 Å². The number of anilines is 1. The fourth-order valence-corrected chi connectivity index (χ4v) is 1.98. The van der Waals surface area contributed by atoms with E-state index in [1.54, 1.807) is 6.07 Å². The molecule has 86 valence electrons. The Kier molecular flexibility index (Phi) is 3.31. The predicted octanol–water partition coefficient (Wildman–Crippen LogP) is 1.63. The summed E-state index contributed by atoms with van der Waals surface area (Å²) in [5.74, 6) is -0.934. The highest BCUT2D eigenvalue weighted by Crippen LogP contribution is 2.26. The zero-order valence-corrected chi connectivity index (χ0v) is 9.35. The van der Waals surface area contributed by atoms with Gasteiger partial charge in [-0.25, -0.2) is 4.79 Å². The molecule has 1 aromatic rings. The normalized spacial score (nSPS) is 20.8. The molecule has 1 N–H and O–H groups in total. The van der Waals surface area contributed by atoms with E-state index < -0.39 is 12.1 Å². The molecule has 1 atom stereocenters. The largest absolute Gasteiger partial charge is 0.479 e. The number of morpholine rings is 1. The Morgan fingerprint density at radius 2 is 2.25 bits per heavy atom. The monoisotopic (exact) mass is 241 g/mol. The lowest BCUT2D eigenvalue weighted by molar-refractivity contribution is -0.150. The molecule has 0 aromatic heterocycles. The standard InChI is InChI=1S/C11H12ClNO3/c12-8-3-1-2-4-9(8)13-5-6-16-10(7-13)11(14)15/h1-4,10H,5-7H2,(H,14,15). The van der Waals surface area contributed by atoms with Crippen LogP contribution in [0.2, 0.25) is 5.02 Å². The highest BCUT2D eigenvalue weighted by atomic mass is 35.5. The minimum atomic E-state index is -0.934. The molecule has 0 aliphatic carbocycles. The number of carboxylic acid groups (broad SMARTS) is 1. The van der Waals surface area contributed by atoms with Gasteiger partial charge in [0.05, 0.1) is 23.9 Å². The van der Waals surface area contributed by atoms with Crippen LogP contribution < -0.4 is 4.90 Å². The van der Waals surface area contributed by atoms with E-state index in [2.05, 4.69) is 0 Å². The van der Waals surface area contributed by atoms with E-state index in [0.717, 1.165) is 5.69 Å². The first-order chi connectivity index (χ1) is 7.68. The van der Waals surface area contributed by atoms with Crippen LogP contribution in [0, 0.1) is 0 Å². The summed E-state index contributed by atoms with van der Waals surface area (Å²) in [4.78, 5) is 12.8. The van der Waals surface area contributed by atoms with Crippen molar-refractivity contribution >= 4 is 23.3 Å². The molecular weight excluding hydrogens is 230 g/mol. The summed E-state index contributed by atoms with van der Waals surface area (Å²) in [5, 5.41) is 9.52. The first-order valence-electron chi connectivity index (χ1n) is 5.02. The Labute approximate surface area is 98.4 Å². The second-order valence-electron chi connectivity index (χ2n) is 3.60. The Morgan fingerprint density at radius 1 is 1.50 bits per heavy atom. The summed E-state index contributed by atoms with van der Waals surface area (Å²) in [5.41, 5.74) is 0.860. The number of benzene rings is 1. The second kappa shape index (κ2) is 4.72. The van der Waals surface area contributed by atoms with Crippen molar-refractivity contribution in [3.8, 4) is 0 Å². The molecule has 1 fully saturated rings. The van der Waals surface area contributed by atoms with Gasteiger partial charge in [-0.2, -0.15) is 0 Å². The Hall–Kier alpha value is -1.26. The lowest BCUT2D eigenvalue weighted by Gasteiger charge is -2.33. The highest BCUT2D eigenvalue weighted by molar-refractivity contribution is 6.33. The van der Waals surface area contributed by atoms with Crippen LogP contribution in [0.4, 0.5) is 5.69 Å². The maximum Gasteiger partial charge on any atom is 0.334 e. The Balaban J connectivity index is 2.16. The number of hydrogen-bond donors (Lipinski definition) is 1. The molecule has 0 spiro atoms. The lowest BCUT2D eigenvalue weighted by Crippen LogP contribution is -2.46. The first kappa shape index (κ1) is 11.2. The Bertz CT molecular complexity index is 397. The van der Waals surface area contributed by atoms with Crippen molar-refractivity contribution in [3.63, 3.8) is 0 Å². The van der Waals surface area contributed by atoms with Crippen LogP contribution in [0.3, 0.4) is 0 Å². The second-order valence-corrected chi connectivity index (χ2v) is 4.00. The number of rotatable bonds is 2. The van der Waals surface area contributed by atoms with Gasteiger partial charge in [0.1, 0.15) is 0 Å². The van der Waals surface area contributed by atoms with Crippen LogP contribution in [0.1, 0.15) is 0 Å². The van der Waals surface area contributed by atoms with Crippen molar-refractivity contribution in [2.24, 2.45) is 0 Å². The number of aliphatic carboxylic acids is 1. The molecule has 2 rings (SSSR count). The molecule has 4 nitrogen and oxygen atoms in total. The average molecular weight is 242 g/mol. The fraction of sp³-hybridized carbons (Fsp3) is 0.364. The summed E-state index contributed by atoms with van der Waals surface area (Å²) in [7, 11) is 0. The summed E-state index contributed by atoms with van der Waals surface area (Å²) in [6, 6.07) is 7.40. The number of para-hydroxylation sites is 1. The SMILES string of the molecule is O=C(O)C1CN(c2ccccc2Cl)CCO1. The minimum Gasteiger partial charge on any atom is -0.479 e. The van der Waals surface area contributed by atoms with E-state index in [-0.39, 0.29) is 0 Å². The van der Waals surface area contributed by atoms with Crippen molar-refractivity contribution in [2.75, 3.05) is 24.6 Å². The molecule has 1 aromatic carbocycles. The quantitative estimate of drug-likeness (QED) is 0.855. The summed E-state index contributed by atoms with van der Waals surface area (Å²) >= 11 is 6.05. The molecule has 1 saturated heterocycles. The molecule has 1 unspecified atom stereocenters.